The summed E-state index contributed by atoms with van der Waals surface area (Å²) in [6.45, 7) is -0.0307. The zero-order valence-corrected chi connectivity index (χ0v) is 13.3. The highest BCUT2D eigenvalue weighted by atomic mass is 16.7. The molecule has 0 aliphatic rings. The van der Waals surface area contributed by atoms with Crippen LogP contribution >= 0.6 is 0 Å². The predicted octanol–water partition coefficient (Wildman–Crippen LogP) is 2.03. The number of hydroxylamine groups is 2. The Hall–Kier alpha value is -2.44. The molecule has 1 unspecified atom stereocenters. The SMILES string of the molecule is COCC(C(=O)OC)N(OC)C(=O)c1cccc2ccccc12. The Morgan fingerprint density at radius 2 is 1.74 bits per heavy atom. The van der Waals surface area contributed by atoms with Crippen molar-refractivity contribution in [2.24, 2.45) is 0 Å². The minimum absolute atomic E-state index is 0.0307. The summed E-state index contributed by atoms with van der Waals surface area (Å²) in [4.78, 5) is 29.9. The molecule has 0 saturated carbocycles. The molecule has 2 aromatic rings. The van der Waals surface area contributed by atoms with E-state index in [0.717, 1.165) is 15.8 Å². The number of nitrogens with zero attached hydrogens (tertiary/aromatic N) is 1. The molecule has 0 N–H and O–H groups in total. The van der Waals surface area contributed by atoms with Gasteiger partial charge in [0.1, 0.15) is 0 Å². The van der Waals surface area contributed by atoms with Crippen molar-refractivity contribution in [2.75, 3.05) is 27.9 Å². The summed E-state index contributed by atoms with van der Waals surface area (Å²) in [5, 5.41) is 2.69. The Morgan fingerprint density at radius 1 is 1.04 bits per heavy atom. The van der Waals surface area contributed by atoms with Gasteiger partial charge < -0.3 is 9.47 Å². The molecule has 2 rings (SSSR count). The van der Waals surface area contributed by atoms with Gasteiger partial charge in [0.05, 0.1) is 20.8 Å². The first-order valence-corrected chi connectivity index (χ1v) is 7.06. The number of rotatable bonds is 6. The number of methoxy groups -OCH3 is 2. The zero-order chi connectivity index (χ0) is 16.8. The summed E-state index contributed by atoms with van der Waals surface area (Å²) in [6, 6.07) is 11.9. The molecule has 0 aromatic heterocycles. The van der Waals surface area contributed by atoms with E-state index in [-0.39, 0.29) is 6.61 Å². The van der Waals surface area contributed by atoms with Crippen molar-refractivity contribution in [3.05, 3.63) is 48.0 Å². The second-order valence-electron chi connectivity index (χ2n) is 4.83. The molecular formula is C17H19NO5. The molecule has 0 bridgehead atoms. The fourth-order valence-corrected chi connectivity index (χ4v) is 2.41. The molecule has 0 aliphatic heterocycles. The van der Waals surface area contributed by atoms with Gasteiger partial charge in [-0.2, -0.15) is 0 Å². The number of benzene rings is 2. The Morgan fingerprint density at radius 3 is 2.39 bits per heavy atom. The van der Waals surface area contributed by atoms with Crippen molar-refractivity contribution in [2.45, 2.75) is 6.04 Å². The van der Waals surface area contributed by atoms with E-state index in [2.05, 4.69) is 0 Å². The van der Waals surface area contributed by atoms with Gasteiger partial charge in [0.15, 0.2) is 6.04 Å². The van der Waals surface area contributed by atoms with Crippen LogP contribution in [-0.4, -0.2) is 50.9 Å². The Kier molecular flexibility index (Phi) is 5.67. The minimum atomic E-state index is -0.985. The maximum Gasteiger partial charge on any atom is 0.333 e. The Bertz CT molecular complexity index is 695. The van der Waals surface area contributed by atoms with E-state index in [9.17, 15) is 9.59 Å². The molecular weight excluding hydrogens is 298 g/mol. The number of carbonyl (C=O) groups excluding carboxylic acids is 2. The number of esters is 1. The standard InChI is InChI=1S/C17H19NO5/c1-21-11-15(17(20)22-2)18(23-3)16(19)14-10-6-8-12-7-4-5-9-13(12)14/h4-10,15H,11H2,1-3H3. The summed E-state index contributed by atoms with van der Waals surface area (Å²) in [5.74, 6) is -1.04. The molecule has 0 spiro atoms. The van der Waals surface area contributed by atoms with Gasteiger partial charge in [-0.25, -0.2) is 9.86 Å². The average Bonchev–Trinajstić information content (AvgIpc) is 2.60. The second-order valence-corrected chi connectivity index (χ2v) is 4.83. The van der Waals surface area contributed by atoms with Crippen molar-refractivity contribution in [1.29, 1.82) is 0 Å². The molecule has 6 heteroatoms. The number of ether oxygens (including phenoxy) is 2. The maximum atomic E-state index is 12.9. The smallest absolute Gasteiger partial charge is 0.333 e. The van der Waals surface area contributed by atoms with E-state index in [1.54, 1.807) is 12.1 Å². The van der Waals surface area contributed by atoms with Gasteiger partial charge in [-0.15, -0.1) is 0 Å². The summed E-state index contributed by atoms with van der Waals surface area (Å²) in [7, 11) is 4.02. The minimum Gasteiger partial charge on any atom is -0.467 e. The van der Waals surface area contributed by atoms with Crippen LogP contribution in [0.4, 0.5) is 0 Å². The van der Waals surface area contributed by atoms with E-state index < -0.39 is 17.9 Å². The van der Waals surface area contributed by atoms with Crippen molar-refractivity contribution >= 4 is 22.6 Å². The molecule has 0 radical (unpaired) electrons. The Labute approximate surface area is 134 Å². The third kappa shape index (κ3) is 3.49. The number of hydrogen-bond acceptors (Lipinski definition) is 5. The van der Waals surface area contributed by atoms with Crippen molar-refractivity contribution < 1.29 is 23.9 Å². The fraction of sp³-hybridized carbons (Fsp3) is 0.294. The molecule has 2 aromatic carbocycles. The van der Waals surface area contributed by atoms with Gasteiger partial charge in [-0.1, -0.05) is 36.4 Å². The van der Waals surface area contributed by atoms with Crippen LogP contribution in [0.15, 0.2) is 42.5 Å². The number of fused-ring (bicyclic) bond motifs is 1. The molecule has 1 atom stereocenters. The summed E-state index contributed by atoms with van der Waals surface area (Å²) < 4.78 is 9.74. The molecule has 0 heterocycles. The largest absolute Gasteiger partial charge is 0.467 e. The normalized spacial score (nSPS) is 12.0. The fourth-order valence-electron chi connectivity index (χ4n) is 2.41. The van der Waals surface area contributed by atoms with Crippen LogP contribution in [0, 0.1) is 0 Å². The summed E-state index contributed by atoms with van der Waals surface area (Å²) in [6.07, 6.45) is 0. The van der Waals surface area contributed by atoms with Gasteiger partial charge in [0.25, 0.3) is 5.91 Å². The molecule has 6 nitrogen and oxygen atoms in total. The van der Waals surface area contributed by atoms with E-state index in [4.69, 9.17) is 14.3 Å². The van der Waals surface area contributed by atoms with Gasteiger partial charge in [-0.05, 0) is 16.8 Å². The van der Waals surface area contributed by atoms with Crippen LogP contribution in [-0.2, 0) is 19.1 Å². The predicted molar refractivity (Wildman–Crippen MR) is 84.8 cm³/mol. The first-order valence-electron chi connectivity index (χ1n) is 7.06. The zero-order valence-electron chi connectivity index (χ0n) is 13.3. The van der Waals surface area contributed by atoms with Crippen LogP contribution in [0.1, 0.15) is 10.4 Å². The quantitative estimate of drug-likeness (QED) is 0.602. The number of amides is 1. The van der Waals surface area contributed by atoms with Gasteiger partial charge in [0, 0.05) is 12.7 Å². The monoisotopic (exact) mass is 317 g/mol. The van der Waals surface area contributed by atoms with E-state index in [0.29, 0.717) is 5.56 Å². The van der Waals surface area contributed by atoms with E-state index >= 15 is 0 Å². The van der Waals surface area contributed by atoms with Crippen LogP contribution in [0.3, 0.4) is 0 Å². The maximum absolute atomic E-state index is 12.9. The number of carbonyl (C=O) groups is 2. The first kappa shape index (κ1) is 16.9. The van der Waals surface area contributed by atoms with Crippen molar-refractivity contribution in [3.8, 4) is 0 Å². The molecule has 1 amide bonds. The third-order valence-corrected chi connectivity index (χ3v) is 3.50. The summed E-state index contributed by atoms with van der Waals surface area (Å²) in [5.41, 5.74) is 0.440. The summed E-state index contributed by atoms with van der Waals surface area (Å²) >= 11 is 0. The van der Waals surface area contributed by atoms with E-state index in [1.807, 2.05) is 30.3 Å². The third-order valence-electron chi connectivity index (χ3n) is 3.50. The van der Waals surface area contributed by atoms with Crippen LogP contribution in [0.25, 0.3) is 10.8 Å². The van der Waals surface area contributed by atoms with Crippen molar-refractivity contribution in [3.63, 3.8) is 0 Å². The molecule has 122 valence electrons. The van der Waals surface area contributed by atoms with Gasteiger partial charge >= 0.3 is 5.97 Å². The first-order chi connectivity index (χ1) is 11.1. The highest BCUT2D eigenvalue weighted by Crippen LogP contribution is 2.21. The van der Waals surface area contributed by atoms with Crippen molar-refractivity contribution in [1.82, 2.24) is 5.06 Å². The molecule has 0 aliphatic carbocycles. The lowest BCUT2D eigenvalue weighted by Crippen LogP contribution is -2.47. The van der Waals surface area contributed by atoms with Gasteiger partial charge in [0.2, 0.25) is 0 Å². The second kappa shape index (κ2) is 7.71. The number of hydrogen-bond donors (Lipinski definition) is 0. The molecule has 23 heavy (non-hydrogen) atoms. The topological polar surface area (TPSA) is 65.1 Å². The van der Waals surface area contributed by atoms with Gasteiger partial charge in [-0.3, -0.25) is 9.63 Å². The highest BCUT2D eigenvalue weighted by Gasteiger charge is 2.32. The van der Waals surface area contributed by atoms with Crippen LogP contribution in [0.5, 0.6) is 0 Å². The lowest BCUT2D eigenvalue weighted by atomic mass is 10.0. The Balaban J connectivity index is 2.43. The highest BCUT2D eigenvalue weighted by molar-refractivity contribution is 6.07. The molecule has 0 saturated heterocycles. The lowest BCUT2D eigenvalue weighted by molar-refractivity contribution is -0.174. The van der Waals surface area contributed by atoms with Crippen LogP contribution < -0.4 is 0 Å². The lowest BCUT2D eigenvalue weighted by Gasteiger charge is -2.27. The average molecular weight is 317 g/mol. The molecule has 0 fully saturated rings. The van der Waals surface area contributed by atoms with Crippen LogP contribution in [0.2, 0.25) is 0 Å². The van der Waals surface area contributed by atoms with E-state index in [1.165, 1.54) is 21.3 Å².